The predicted octanol–water partition coefficient (Wildman–Crippen LogP) is 3.48. The molecule has 0 bridgehead atoms. The molecule has 2 heteroatoms. The van der Waals surface area contributed by atoms with Crippen molar-refractivity contribution >= 4 is 8.24 Å². The van der Waals surface area contributed by atoms with E-state index in [9.17, 15) is 0 Å². The first-order valence-electron chi connectivity index (χ1n) is 5.26. The van der Waals surface area contributed by atoms with Gasteiger partial charge in [0.2, 0.25) is 0 Å². The van der Waals surface area contributed by atoms with Crippen LogP contribution in [-0.4, -0.2) is 15.3 Å². The highest BCUT2D eigenvalue weighted by Crippen LogP contribution is 2.38. The molecule has 0 amide bonds. The fourth-order valence-electron chi connectivity index (χ4n) is 1.84. The van der Waals surface area contributed by atoms with E-state index < -0.39 is 8.24 Å². The highest BCUT2D eigenvalue weighted by Gasteiger charge is 2.39. The monoisotopic (exact) mass is 199 g/mol. The second-order valence-corrected chi connectivity index (χ2v) is 9.63. The summed E-state index contributed by atoms with van der Waals surface area (Å²) in [7, 11) is 0.640. The minimum absolute atomic E-state index is 0.374. The lowest BCUT2D eigenvalue weighted by Gasteiger charge is -2.40. The summed E-state index contributed by atoms with van der Waals surface area (Å²) in [6.07, 6.45) is 2.59. The maximum atomic E-state index is 4.02. The third kappa shape index (κ3) is 2.95. The first-order chi connectivity index (χ1) is 5.93. The zero-order valence-electron chi connectivity index (χ0n) is 9.91. The smallest absolute Gasteiger partial charge is 0.155 e. The summed E-state index contributed by atoms with van der Waals surface area (Å²) < 4.78 is 0. The van der Waals surface area contributed by atoms with Crippen molar-refractivity contribution in [3.63, 3.8) is 0 Å². The normalized spacial score (nSPS) is 16.7. The Labute approximate surface area is 84.7 Å². The van der Waals surface area contributed by atoms with E-state index in [0.717, 1.165) is 0 Å². The van der Waals surface area contributed by atoms with Crippen molar-refractivity contribution < 1.29 is 0 Å². The van der Waals surface area contributed by atoms with Crippen molar-refractivity contribution in [1.82, 2.24) is 4.98 Å². The Bertz CT molecular complexity index is 160. The van der Waals surface area contributed by atoms with E-state index >= 15 is 0 Å². The minimum atomic E-state index is -1.45. The van der Waals surface area contributed by atoms with E-state index in [1.165, 1.54) is 18.9 Å². The third-order valence-corrected chi connectivity index (χ3v) is 8.47. The standard InChI is InChI=1S/C11H25NSi/c1-7-9-10-13(8-2,12-6)11(3,4)5/h8,12H,2,7,9-10H2,1,3-6H3. The molecule has 0 aliphatic rings. The lowest BCUT2D eigenvalue weighted by Crippen LogP contribution is -2.54. The fraction of sp³-hybridized carbons (Fsp3) is 0.818. The van der Waals surface area contributed by atoms with Crippen LogP contribution < -0.4 is 4.98 Å². The Hall–Kier alpha value is -0.0831. The van der Waals surface area contributed by atoms with Crippen molar-refractivity contribution in [2.75, 3.05) is 7.05 Å². The molecule has 78 valence electrons. The van der Waals surface area contributed by atoms with Gasteiger partial charge in [-0.3, -0.25) is 0 Å². The zero-order valence-corrected chi connectivity index (χ0v) is 10.9. The minimum Gasteiger partial charge on any atom is -0.336 e. The van der Waals surface area contributed by atoms with Crippen LogP contribution in [0.5, 0.6) is 0 Å². The molecule has 1 nitrogen and oxygen atoms in total. The summed E-state index contributed by atoms with van der Waals surface area (Å²) in [4.78, 5) is 3.56. The molecule has 0 saturated heterocycles. The molecule has 0 aromatic carbocycles. The first kappa shape index (κ1) is 12.9. The average Bonchev–Trinajstić information content (AvgIpc) is 2.05. The van der Waals surface area contributed by atoms with Crippen molar-refractivity contribution in [3.8, 4) is 0 Å². The number of unbranched alkanes of at least 4 members (excludes halogenated alkanes) is 1. The van der Waals surface area contributed by atoms with Crippen LogP contribution in [-0.2, 0) is 0 Å². The Kier molecular flexibility index (Phi) is 4.93. The predicted molar refractivity (Wildman–Crippen MR) is 64.4 cm³/mol. The topological polar surface area (TPSA) is 12.0 Å². The number of rotatable bonds is 5. The number of nitrogens with one attached hydrogen (secondary N) is 1. The molecule has 0 aromatic heterocycles. The molecule has 0 rings (SSSR count). The molecule has 0 aliphatic heterocycles. The van der Waals surface area contributed by atoms with Crippen molar-refractivity contribution in [2.45, 2.75) is 51.6 Å². The van der Waals surface area contributed by atoms with Crippen molar-refractivity contribution in [2.24, 2.45) is 0 Å². The summed E-state index contributed by atoms with van der Waals surface area (Å²) in [5, 5.41) is 0.374. The molecule has 1 atom stereocenters. The van der Waals surface area contributed by atoms with E-state index in [4.69, 9.17) is 0 Å². The van der Waals surface area contributed by atoms with E-state index in [1.807, 2.05) is 0 Å². The lowest BCUT2D eigenvalue weighted by molar-refractivity contribution is 0.683. The maximum Gasteiger partial charge on any atom is 0.155 e. The van der Waals surface area contributed by atoms with Gasteiger partial charge in [0.1, 0.15) is 0 Å². The van der Waals surface area contributed by atoms with Gasteiger partial charge in [-0.15, -0.1) is 6.58 Å². The van der Waals surface area contributed by atoms with E-state index in [2.05, 4.69) is 52.0 Å². The van der Waals surface area contributed by atoms with E-state index in [1.54, 1.807) is 0 Å². The Morgan fingerprint density at radius 2 is 1.92 bits per heavy atom. The van der Waals surface area contributed by atoms with Gasteiger partial charge in [-0.25, -0.2) is 0 Å². The van der Waals surface area contributed by atoms with Crippen LogP contribution in [0.1, 0.15) is 40.5 Å². The van der Waals surface area contributed by atoms with Crippen LogP contribution in [0.2, 0.25) is 11.1 Å². The zero-order chi connectivity index (χ0) is 10.5. The van der Waals surface area contributed by atoms with Crippen molar-refractivity contribution in [3.05, 3.63) is 12.3 Å². The number of hydrogen-bond donors (Lipinski definition) is 1. The van der Waals surface area contributed by atoms with Crippen LogP contribution in [0.3, 0.4) is 0 Å². The molecular weight excluding hydrogens is 174 g/mol. The van der Waals surface area contributed by atoms with Gasteiger partial charge < -0.3 is 4.98 Å². The summed E-state index contributed by atoms with van der Waals surface area (Å²) in [6, 6.07) is 1.31. The Morgan fingerprint density at radius 3 is 2.15 bits per heavy atom. The van der Waals surface area contributed by atoms with Gasteiger partial charge in [0, 0.05) is 0 Å². The first-order valence-corrected chi connectivity index (χ1v) is 7.54. The summed E-state index contributed by atoms with van der Waals surface area (Å²) >= 11 is 0. The second-order valence-electron chi connectivity index (χ2n) is 4.78. The lowest BCUT2D eigenvalue weighted by atomic mass is 10.2. The largest absolute Gasteiger partial charge is 0.336 e. The van der Waals surface area contributed by atoms with Crippen LogP contribution in [0, 0.1) is 0 Å². The molecule has 0 saturated carbocycles. The van der Waals surface area contributed by atoms with Gasteiger partial charge in [0.15, 0.2) is 8.24 Å². The van der Waals surface area contributed by atoms with E-state index in [-0.39, 0.29) is 0 Å². The van der Waals surface area contributed by atoms with Crippen molar-refractivity contribution in [1.29, 1.82) is 0 Å². The summed E-state index contributed by atoms with van der Waals surface area (Å²) in [5.74, 6) is 0. The van der Waals surface area contributed by atoms with Gasteiger partial charge >= 0.3 is 0 Å². The molecular formula is C11H25NSi. The average molecular weight is 199 g/mol. The quantitative estimate of drug-likeness (QED) is 0.669. The van der Waals surface area contributed by atoms with E-state index in [0.29, 0.717) is 5.04 Å². The molecule has 13 heavy (non-hydrogen) atoms. The maximum absolute atomic E-state index is 4.02. The van der Waals surface area contributed by atoms with Crippen LogP contribution >= 0.6 is 0 Å². The highest BCUT2D eigenvalue weighted by molar-refractivity contribution is 6.84. The fourth-order valence-corrected chi connectivity index (χ4v) is 5.52. The molecule has 0 heterocycles. The SMILES string of the molecule is C=C[Si](CCCC)(NC)C(C)(C)C. The molecule has 1 N–H and O–H groups in total. The number of hydrogen-bond acceptors (Lipinski definition) is 1. The van der Waals surface area contributed by atoms with Gasteiger partial charge in [0.25, 0.3) is 0 Å². The van der Waals surface area contributed by atoms with Crippen LogP contribution in [0.4, 0.5) is 0 Å². The van der Waals surface area contributed by atoms with Gasteiger partial charge in [-0.05, 0) is 18.1 Å². The highest BCUT2D eigenvalue weighted by atomic mass is 28.3. The third-order valence-electron chi connectivity index (χ3n) is 3.06. The summed E-state index contributed by atoms with van der Waals surface area (Å²) in [6.45, 7) is 13.3. The van der Waals surface area contributed by atoms with Crippen LogP contribution in [0.15, 0.2) is 12.3 Å². The molecule has 0 fully saturated rings. The second kappa shape index (κ2) is 4.96. The molecule has 0 aromatic rings. The van der Waals surface area contributed by atoms with Gasteiger partial charge in [-0.1, -0.05) is 46.2 Å². The van der Waals surface area contributed by atoms with Gasteiger partial charge in [0.05, 0.1) is 0 Å². The summed E-state index contributed by atoms with van der Waals surface area (Å²) in [5.41, 5.74) is 2.21. The molecule has 0 radical (unpaired) electrons. The van der Waals surface area contributed by atoms with Gasteiger partial charge in [-0.2, -0.15) is 0 Å². The molecule has 0 aliphatic carbocycles. The Morgan fingerprint density at radius 1 is 1.38 bits per heavy atom. The molecule has 0 spiro atoms. The van der Waals surface area contributed by atoms with Crippen LogP contribution in [0.25, 0.3) is 0 Å². The molecule has 1 unspecified atom stereocenters. The Balaban J connectivity index is 4.60.